The van der Waals surface area contributed by atoms with Crippen LogP contribution in [-0.4, -0.2) is 77.7 Å². The Labute approximate surface area is 197 Å². The van der Waals surface area contributed by atoms with Gasteiger partial charge in [-0.2, -0.15) is 15.6 Å². The Morgan fingerprint density at radius 3 is 2.76 bits per heavy atom. The number of nitriles is 2. The molecule has 0 fully saturated rings. The number of methoxy groups -OCH3 is 1. The molecule has 1 atom stereocenters. The monoisotopic (exact) mass is 463 g/mol. The van der Waals surface area contributed by atoms with Gasteiger partial charge in [0.1, 0.15) is 18.8 Å². The van der Waals surface area contributed by atoms with E-state index < -0.39 is 5.91 Å². The standard InChI is InChI=1S/C23H25N7O4/c1-15-12-29(13-22(32)28(2)8-4-7-24)23(33)20-10-19(27-30(15)20)17-6-5-16(11-25)9-18(17)26-21(31)14-34-3/h5-6,9-10,15H,4,8,12-14H2,1-3H3,(H,26,31)/t15-/m0/s1. The summed E-state index contributed by atoms with van der Waals surface area (Å²) in [6.45, 7) is 2.24. The van der Waals surface area contributed by atoms with Crippen LogP contribution in [-0.2, 0) is 14.3 Å². The number of fused-ring (bicyclic) bond motifs is 1. The molecule has 1 aliphatic heterocycles. The maximum absolute atomic E-state index is 13.1. The molecular formula is C23H25N7O4. The Balaban J connectivity index is 1.89. The lowest BCUT2D eigenvalue weighted by molar-refractivity contribution is -0.130. The summed E-state index contributed by atoms with van der Waals surface area (Å²) in [4.78, 5) is 40.6. The number of rotatable bonds is 8. The lowest BCUT2D eigenvalue weighted by Gasteiger charge is -2.32. The Hall–Kier alpha value is -4.22. The van der Waals surface area contributed by atoms with Crippen molar-refractivity contribution in [3.05, 3.63) is 35.5 Å². The van der Waals surface area contributed by atoms with Crippen molar-refractivity contribution in [3.63, 3.8) is 0 Å². The molecule has 0 spiro atoms. The molecule has 0 bridgehead atoms. The highest BCUT2D eigenvalue weighted by molar-refractivity contribution is 5.99. The van der Waals surface area contributed by atoms with Crippen molar-refractivity contribution in [2.45, 2.75) is 19.4 Å². The third-order valence-corrected chi connectivity index (χ3v) is 5.43. The fourth-order valence-electron chi connectivity index (χ4n) is 3.68. The van der Waals surface area contributed by atoms with Gasteiger partial charge in [0.05, 0.1) is 41.5 Å². The fraction of sp³-hybridized carbons (Fsp3) is 0.391. The van der Waals surface area contributed by atoms with Crippen LogP contribution in [0.15, 0.2) is 24.3 Å². The lowest BCUT2D eigenvalue weighted by Crippen LogP contribution is -2.47. The van der Waals surface area contributed by atoms with Crippen LogP contribution in [0.4, 0.5) is 5.69 Å². The highest BCUT2D eigenvalue weighted by Crippen LogP contribution is 2.31. The first kappa shape index (κ1) is 24.4. The molecule has 1 aliphatic rings. The van der Waals surface area contributed by atoms with Crippen molar-refractivity contribution in [2.75, 3.05) is 45.7 Å². The second kappa shape index (κ2) is 10.6. The van der Waals surface area contributed by atoms with E-state index in [0.717, 1.165) is 0 Å². The van der Waals surface area contributed by atoms with E-state index in [1.807, 2.05) is 19.1 Å². The highest BCUT2D eigenvalue weighted by Gasteiger charge is 2.33. The van der Waals surface area contributed by atoms with Crippen LogP contribution in [0.25, 0.3) is 11.3 Å². The summed E-state index contributed by atoms with van der Waals surface area (Å²) in [6.07, 6.45) is 0.219. The Bertz CT molecular complexity index is 1190. The van der Waals surface area contributed by atoms with Gasteiger partial charge in [0.2, 0.25) is 11.8 Å². The molecule has 2 heterocycles. The fourth-order valence-corrected chi connectivity index (χ4v) is 3.68. The van der Waals surface area contributed by atoms with E-state index in [4.69, 9.17) is 10.00 Å². The maximum Gasteiger partial charge on any atom is 0.272 e. The number of benzene rings is 1. The van der Waals surface area contributed by atoms with Crippen LogP contribution in [0.2, 0.25) is 0 Å². The number of likely N-dealkylation sites (N-methyl/N-ethyl adjacent to an activating group) is 1. The van der Waals surface area contributed by atoms with Gasteiger partial charge in [-0.15, -0.1) is 0 Å². The average molecular weight is 463 g/mol. The summed E-state index contributed by atoms with van der Waals surface area (Å²) >= 11 is 0. The number of amides is 3. The lowest BCUT2D eigenvalue weighted by atomic mass is 10.1. The van der Waals surface area contributed by atoms with Crippen LogP contribution in [0.1, 0.15) is 35.4 Å². The van der Waals surface area contributed by atoms with Gasteiger partial charge in [0.15, 0.2) is 0 Å². The van der Waals surface area contributed by atoms with Crippen LogP contribution in [0.5, 0.6) is 0 Å². The largest absolute Gasteiger partial charge is 0.375 e. The molecule has 11 heteroatoms. The average Bonchev–Trinajstić information content (AvgIpc) is 3.27. The smallest absolute Gasteiger partial charge is 0.272 e. The molecule has 0 aliphatic carbocycles. The molecule has 0 saturated heterocycles. The van der Waals surface area contributed by atoms with E-state index in [0.29, 0.717) is 41.3 Å². The van der Waals surface area contributed by atoms with E-state index in [9.17, 15) is 19.6 Å². The molecule has 0 radical (unpaired) electrons. The van der Waals surface area contributed by atoms with Crippen molar-refractivity contribution >= 4 is 23.4 Å². The summed E-state index contributed by atoms with van der Waals surface area (Å²) < 4.78 is 6.47. The number of aromatic nitrogens is 2. The molecule has 3 rings (SSSR count). The normalized spacial score (nSPS) is 14.7. The van der Waals surface area contributed by atoms with Gasteiger partial charge in [-0.1, -0.05) is 0 Å². The molecule has 0 unspecified atom stereocenters. The zero-order valence-corrected chi connectivity index (χ0v) is 19.2. The quantitative estimate of drug-likeness (QED) is 0.623. The zero-order chi connectivity index (χ0) is 24.8. The topological polar surface area (TPSA) is 144 Å². The van der Waals surface area contributed by atoms with Crippen molar-refractivity contribution in [3.8, 4) is 23.4 Å². The third-order valence-electron chi connectivity index (χ3n) is 5.43. The van der Waals surface area contributed by atoms with Crippen molar-refractivity contribution in [1.29, 1.82) is 10.5 Å². The summed E-state index contributed by atoms with van der Waals surface area (Å²) in [5.41, 5.74) is 2.05. The van der Waals surface area contributed by atoms with Crippen LogP contribution in [0.3, 0.4) is 0 Å². The number of nitrogens with zero attached hydrogens (tertiary/aromatic N) is 6. The van der Waals surface area contributed by atoms with E-state index in [1.165, 1.54) is 23.0 Å². The first-order chi connectivity index (χ1) is 16.3. The van der Waals surface area contributed by atoms with Gasteiger partial charge in [0, 0.05) is 32.8 Å². The van der Waals surface area contributed by atoms with E-state index in [1.54, 1.807) is 29.9 Å². The van der Waals surface area contributed by atoms with Gasteiger partial charge < -0.3 is 19.9 Å². The van der Waals surface area contributed by atoms with Crippen molar-refractivity contribution in [2.24, 2.45) is 0 Å². The highest BCUT2D eigenvalue weighted by atomic mass is 16.5. The van der Waals surface area contributed by atoms with Crippen molar-refractivity contribution < 1.29 is 19.1 Å². The predicted octanol–water partition coefficient (Wildman–Crippen LogP) is 1.40. The minimum atomic E-state index is -0.391. The van der Waals surface area contributed by atoms with Crippen LogP contribution < -0.4 is 5.32 Å². The molecule has 176 valence electrons. The van der Waals surface area contributed by atoms with Crippen molar-refractivity contribution in [1.82, 2.24) is 19.6 Å². The molecule has 11 nitrogen and oxygen atoms in total. The molecule has 3 amide bonds. The molecule has 1 aromatic heterocycles. The van der Waals surface area contributed by atoms with Gasteiger partial charge in [0.25, 0.3) is 5.91 Å². The molecule has 34 heavy (non-hydrogen) atoms. The van der Waals surface area contributed by atoms with E-state index in [-0.39, 0.29) is 37.4 Å². The predicted molar refractivity (Wildman–Crippen MR) is 121 cm³/mol. The molecule has 0 saturated carbocycles. The number of ether oxygens (including phenoxy) is 1. The second-order valence-electron chi connectivity index (χ2n) is 7.97. The SMILES string of the molecule is COCC(=O)Nc1cc(C#N)ccc1-c1cc2n(n1)[C@@H](C)CN(CC(=O)N(C)CCC#N)C2=O. The Morgan fingerprint density at radius 1 is 1.32 bits per heavy atom. The molecule has 2 aromatic rings. The summed E-state index contributed by atoms with van der Waals surface area (Å²) in [5, 5.41) is 25.3. The minimum Gasteiger partial charge on any atom is -0.375 e. The number of hydrogen-bond donors (Lipinski definition) is 1. The van der Waals surface area contributed by atoms with E-state index in [2.05, 4.69) is 10.4 Å². The summed E-state index contributed by atoms with van der Waals surface area (Å²) in [6, 6.07) is 10.3. The number of nitrogens with one attached hydrogen (secondary N) is 1. The summed E-state index contributed by atoms with van der Waals surface area (Å²) in [7, 11) is 3.00. The number of carbonyl (C=O) groups excluding carboxylic acids is 3. The van der Waals surface area contributed by atoms with Gasteiger partial charge in [-0.05, 0) is 31.2 Å². The maximum atomic E-state index is 13.1. The molecular weight excluding hydrogens is 438 g/mol. The first-order valence-electron chi connectivity index (χ1n) is 10.6. The van der Waals surface area contributed by atoms with Gasteiger partial charge in [-0.25, -0.2) is 0 Å². The second-order valence-corrected chi connectivity index (χ2v) is 7.97. The number of hydrogen-bond acceptors (Lipinski definition) is 7. The Morgan fingerprint density at radius 2 is 2.09 bits per heavy atom. The van der Waals surface area contributed by atoms with Crippen LogP contribution in [0, 0.1) is 22.7 Å². The zero-order valence-electron chi connectivity index (χ0n) is 19.2. The minimum absolute atomic E-state index is 0.0964. The number of carbonyl (C=O) groups is 3. The van der Waals surface area contributed by atoms with Gasteiger partial charge >= 0.3 is 0 Å². The molecule has 1 aromatic carbocycles. The summed E-state index contributed by atoms with van der Waals surface area (Å²) in [5.74, 6) is -0.978. The van der Waals surface area contributed by atoms with Crippen LogP contribution >= 0.6 is 0 Å². The molecule has 1 N–H and O–H groups in total. The first-order valence-corrected chi connectivity index (χ1v) is 10.6. The van der Waals surface area contributed by atoms with E-state index >= 15 is 0 Å². The third kappa shape index (κ3) is 5.22. The number of anilines is 1. The Kier molecular flexibility index (Phi) is 7.61. The van der Waals surface area contributed by atoms with Gasteiger partial charge in [-0.3, -0.25) is 19.1 Å².